The van der Waals surface area contributed by atoms with Gasteiger partial charge in [-0.05, 0) is 18.2 Å². The van der Waals surface area contributed by atoms with E-state index in [9.17, 15) is 25.0 Å². The minimum Gasteiger partial charge on any atom is -0.493 e. The predicted molar refractivity (Wildman–Crippen MR) is 98.8 cm³/mol. The average Bonchev–Trinajstić information content (AvgIpc) is 3.17. The van der Waals surface area contributed by atoms with Gasteiger partial charge in [0.25, 0.3) is 11.4 Å². The number of nitrogens with zero attached hydrogens (tertiary/aromatic N) is 2. The molecule has 2 aromatic carbocycles. The van der Waals surface area contributed by atoms with Gasteiger partial charge >= 0.3 is 0 Å². The second kappa shape index (κ2) is 7.84. The number of fused-ring (bicyclic) bond motifs is 1. The number of ketones is 1. The zero-order valence-corrected chi connectivity index (χ0v) is 15.2. The van der Waals surface area contributed by atoms with E-state index in [2.05, 4.69) is 0 Å². The molecule has 2 aromatic rings. The molecule has 0 aliphatic carbocycles. The van der Waals surface area contributed by atoms with E-state index in [-0.39, 0.29) is 40.9 Å². The van der Waals surface area contributed by atoms with Crippen molar-refractivity contribution in [1.29, 1.82) is 0 Å². The van der Waals surface area contributed by atoms with Crippen LogP contribution in [0.1, 0.15) is 15.9 Å². The zero-order chi connectivity index (χ0) is 21.1. The van der Waals surface area contributed by atoms with Crippen molar-refractivity contribution in [3.63, 3.8) is 0 Å². The topological polar surface area (TPSA) is 140 Å². The van der Waals surface area contributed by atoms with E-state index in [1.807, 2.05) is 0 Å². The zero-order valence-electron chi connectivity index (χ0n) is 15.2. The first-order valence-electron chi connectivity index (χ1n) is 8.06. The Morgan fingerprint density at radius 1 is 0.966 bits per heavy atom. The van der Waals surface area contributed by atoms with Gasteiger partial charge in [-0.1, -0.05) is 0 Å². The van der Waals surface area contributed by atoms with Crippen LogP contribution in [0.25, 0.3) is 6.08 Å². The van der Waals surface area contributed by atoms with Gasteiger partial charge in [-0.3, -0.25) is 25.0 Å². The molecule has 0 atom stereocenters. The molecule has 3 rings (SSSR count). The number of ether oxygens (including phenoxy) is 4. The van der Waals surface area contributed by atoms with Crippen molar-refractivity contribution in [2.24, 2.45) is 0 Å². The molecule has 0 N–H and O–H groups in total. The van der Waals surface area contributed by atoms with E-state index in [4.69, 9.17) is 18.9 Å². The van der Waals surface area contributed by atoms with Gasteiger partial charge in [-0.25, -0.2) is 0 Å². The molecule has 0 spiro atoms. The van der Waals surface area contributed by atoms with Crippen LogP contribution < -0.4 is 18.9 Å². The molecule has 150 valence electrons. The number of methoxy groups -OCH3 is 2. The van der Waals surface area contributed by atoms with Gasteiger partial charge in [0.05, 0.1) is 41.8 Å². The molecule has 0 saturated carbocycles. The molecular formula is C18H14N2O9. The lowest BCUT2D eigenvalue weighted by molar-refractivity contribution is -0.385. The van der Waals surface area contributed by atoms with Gasteiger partial charge in [-0.15, -0.1) is 0 Å². The smallest absolute Gasteiger partial charge is 0.284 e. The number of hydrogen-bond acceptors (Lipinski definition) is 9. The summed E-state index contributed by atoms with van der Waals surface area (Å²) in [5.74, 6) is -0.0184. The van der Waals surface area contributed by atoms with Crippen LogP contribution in [0.4, 0.5) is 11.4 Å². The van der Waals surface area contributed by atoms with Crippen molar-refractivity contribution in [3.05, 3.63) is 61.7 Å². The Morgan fingerprint density at radius 2 is 1.55 bits per heavy atom. The van der Waals surface area contributed by atoms with Crippen LogP contribution >= 0.6 is 0 Å². The van der Waals surface area contributed by atoms with Crippen molar-refractivity contribution < 1.29 is 33.6 Å². The van der Waals surface area contributed by atoms with Crippen molar-refractivity contribution in [3.8, 4) is 23.0 Å². The van der Waals surface area contributed by atoms with Crippen molar-refractivity contribution in [1.82, 2.24) is 0 Å². The highest BCUT2D eigenvalue weighted by atomic mass is 16.7. The summed E-state index contributed by atoms with van der Waals surface area (Å²) in [6.45, 7) is -0.0730. The van der Waals surface area contributed by atoms with Gasteiger partial charge in [0.2, 0.25) is 6.79 Å². The summed E-state index contributed by atoms with van der Waals surface area (Å²) in [4.78, 5) is 33.9. The Bertz CT molecular complexity index is 1050. The molecule has 1 aliphatic heterocycles. The predicted octanol–water partition coefficient (Wildman–Crippen LogP) is 3.15. The Balaban J connectivity index is 2.02. The Labute approximate surface area is 163 Å². The standard InChI is InChI=1S/C18H14N2O9/c1-26-15-6-11(13(20(24)25)8-16(15)27-2)14(21)4-3-10-5-17-18(29-9-28-17)7-12(10)19(22)23/h3-8H,9H2,1-2H3/b4-3-. The van der Waals surface area contributed by atoms with Crippen LogP contribution in [0.15, 0.2) is 30.3 Å². The molecule has 0 amide bonds. The lowest BCUT2D eigenvalue weighted by Gasteiger charge is -2.09. The first kappa shape index (κ1) is 19.6. The van der Waals surface area contributed by atoms with Crippen molar-refractivity contribution in [2.45, 2.75) is 0 Å². The highest BCUT2D eigenvalue weighted by molar-refractivity contribution is 6.10. The lowest BCUT2D eigenvalue weighted by Crippen LogP contribution is -2.03. The highest BCUT2D eigenvalue weighted by Crippen LogP contribution is 2.39. The van der Waals surface area contributed by atoms with E-state index in [1.54, 1.807) is 0 Å². The minimum absolute atomic E-state index is 0.0730. The van der Waals surface area contributed by atoms with E-state index in [1.165, 1.54) is 38.5 Å². The maximum atomic E-state index is 12.6. The molecule has 0 aromatic heterocycles. The van der Waals surface area contributed by atoms with Crippen LogP contribution in [0.5, 0.6) is 23.0 Å². The summed E-state index contributed by atoms with van der Waals surface area (Å²) in [7, 11) is 2.63. The molecule has 0 unspecified atom stereocenters. The first-order chi connectivity index (χ1) is 13.8. The van der Waals surface area contributed by atoms with Gasteiger partial charge in [0.15, 0.2) is 28.8 Å². The third kappa shape index (κ3) is 3.78. The highest BCUT2D eigenvalue weighted by Gasteiger charge is 2.25. The van der Waals surface area contributed by atoms with E-state index in [0.29, 0.717) is 5.75 Å². The summed E-state index contributed by atoms with van der Waals surface area (Å²) in [6.07, 6.45) is 2.18. The van der Waals surface area contributed by atoms with Crippen molar-refractivity contribution in [2.75, 3.05) is 21.0 Å². The maximum Gasteiger partial charge on any atom is 0.284 e. The second-order valence-corrected chi connectivity index (χ2v) is 5.70. The Kier molecular flexibility index (Phi) is 5.30. The molecule has 0 fully saturated rings. The fraction of sp³-hybridized carbons (Fsp3) is 0.167. The Hall–Kier alpha value is -4.15. The number of carbonyl (C=O) groups excluding carboxylic acids is 1. The molecule has 0 bridgehead atoms. The van der Waals surface area contributed by atoms with Gasteiger partial charge in [0, 0.05) is 6.07 Å². The van der Waals surface area contributed by atoms with E-state index < -0.39 is 21.3 Å². The third-order valence-corrected chi connectivity index (χ3v) is 4.10. The molecule has 0 radical (unpaired) electrons. The van der Waals surface area contributed by atoms with Crippen molar-refractivity contribution >= 4 is 23.2 Å². The molecule has 11 heteroatoms. The quantitative estimate of drug-likeness (QED) is 0.295. The monoisotopic (exact) mass is 402 g/mol. The first-order valence-corrected chi connectivity index (χ1v) is 8.06. The summed E-state index contributed by atoms with van der Waals surface area (Å²) in [5, 5.41) is 22.7. The normalized spacial score (nSPS) is 12.1. The van der Waals surface area contributed by atoms with Gasteiger partial charge in [-0.2, -0.15) is 0 Å². The SMILES string of the molecule is COc1cc(C(=O)/C=C\c2cc3c(cc2[N+](=O)[O-])OCO3)c([N+](=O)[O-])cc1OC. The minimum atomic E-state index is -0.746. The second-order valence-electron chi connectivity index (χ2n) is 5.70. The number of nitro groups is 2. The fourth-order valence-electron chi connectivity index (χ4n) is 2.71. The summed E-state index contributed by atoms with van der Waals surface area (Å²) in [6, 6.07) is 4.79. The molecule has 29 heavy (non-hydrogen) atoms. The molecule has 0 saturated heterocycles. The maximum absolute atomic E-state index is 12.6. The van der Waals surface area contributed by atoms with E-state index >= 15 is 0 Å². The van der Waals surface area contributed by atoms with Crippen LogP contribution in [-0.2, 0) is 0 Å². The Morgan fingerprint density at radius 3 is 2.14 bits per heavy atom. The van der Waals surface area contributed by atoms with E-state index in [0.717, 1.165) is 12.1 Å². The number of allylic oxidation sites excluding steroid dienone is 1. The number of benzene rings is 2. The summed E-state index contributed by atoms with van der Waals surface area (Å²) in [5.41, 5.74) is -0.972. The third-order valence-electron chi connectivity index (χ3n) is 4.10. The van der Waals surface area contributed by atoms with Crippen LogP contribution in [0.3, 0.4) is 0 Å². The summed E-state index contributed by atoms with van der Waals surface area (Å²) < 4.78 is 20.4. The summed E-state index contributed by atoms with van der Waals surface area (Å²) >= 11 is 0. The molecular weight excluding hydrogens is 388 g/mol. The average molecular weight is 402 g/mol. The number of rotatable bonds is 7. The fourth-order valence-corrected chi connectivity index (χ4v) is 2.71. The number of nitro benzene ring substituents is 2. The molecule has 1 heterocycles. The number of carbonyl (C=O) groups is 1. The van der Waals surface area contributed by atoms with Crippen LogP contribution in [0, 0.1) is 20.2 Å². The molecule has 11 nitrogen and oxygen atoms in total. The lowest BCUT2D eigenvalue weighted by atomic mass is 10.0. The van der Waals surface area contributed by atoms with Crippen LogP contribution in [-0.4, -0.2) is 36.6 Å². The molecule has 1 aliphatic rings. The van der Waals surface area contributed by atoms with Gasteiger partial charge < -0.3 is 18.9 Å². The van der Waals surface area contributed by atoms with Gasteiger partial charge in [0.1, 0.15) is 5.56 Å². The number of hydrogen-bond donors (Lipinski definition) is 0. The van der Waals surface area contributed by atoms with Crippen LogP contribution in [0.2, 0.25) is 0 Å². The largest absolute Gasteiger partial charge is 0.493 e.